The summed E-state index contributed by atoms with van der Waals surface area (Å²) in [5.74, 6) is 1.43. The van der Waals surface area contributed by atoms with Crippen LogP contribution in [-0.4, -0.2) is 23.8 Å². The van der Waals surface area contributed by atoms with E-state index in [-0.39, 0.29) is 11.8 Å². The number of nitrogens with one attached hydrogen (secondary N) is 1. The minimum atomic E-state index is -0.409. The number of aromatic nitrogens is 2. The van der Waals surface area contributed by atoms with E-state index in [0.29, 0.717) is 23.2 Å². The highest BCUT2D eigenvalue weighted by Crippen LogP contribution is 2.29. The summed E-state index contributed by atoms with van der Waals surface area (Å²) in [6.07, 6.45) is 2.14. The molecule has 0 radical (unpaired) electrons. The molecule has 2 aromatic rings. The summed E-state index contributed by atoms with van der Waals surface area (Å²) in [5, 5.41) is 7.37. The van der Waals surface area contributed by atoms with Gasteiger partial charge >= 0.3 is 0 Å². The standard InChI is InChI=1S/C15H18FN3O2/c1-9-5-6-17-12(7-9)15-18-14(19-21-15)10-3-4-11(16)13(8-10)20-2/h3-4,8-9,12,17H,5-7H2,1-2H3. The molecule has 5 nitrogen and oxygen atoms in total. The molecule has 21 heavy (non-hydrogen) atoms. The molecule has 1 aromatic carbocycles. The smallest absolute Gasteiger partial charge is 0.244 e. The molecule has 112 valence electrons. The van der Waals surface area contributed by atoms with E-state index in [0.717, 1.165) is 19.4 Å². The number of methoxy groups -OCH3 is 1. The van der Waals surface area contributed by atoms with Crippen LogP contribution in [0.5, 0.6) is 5.75 Å². The van der Waals surface area contributed by atoms with Gasteiger partial charge in [0.05, 0.1) is 13.2 Å². The van der Waals surface area contributed by atoms with Crippen molar-refractivity contribution in [2.75, 3.05) is 13.7 Å². The molecule has 1 saturated heterocycles. The SMILES string of the molecule is COc1cc(-c2noc(C3CC(C)CCN3)n2)ccc1F. The van der Waals surface area contributed by atoms with E-state index in [1.807, 2.05) is 0 Å². The molecule has 3 rings (SSSR count). The maximum absolute atomic E-state index is 13.4. The first-order valence-electron chi connectivity index (χ1n) is 7.08. The molecule has 0 bridgehead atoms. The second kappa shape index (κ2) is 5.81. The van der Waals surface area contributed by atoms with E-state index >= 15 is 0 Å². The molecular formula is C15H18FN3O2. The Hall–Kier alpha value is -1.95. The van der Waals surface area contributed by atoms with Crippen molar-refractivity contribution in [3.63, 3.8) is 0 Å². The Balaban J connectivity index is 1.84. The number of rotatable bonds is 3. The number of halogens is 1. The molecular weight excluding hydrogens is 273 g/mol. The van der Waals surface area contributed by atoms with Crippen molar-refractivity contribution in [1.82, 2.24) is 15.5 Å². The third-order valence-corrected chi connectivity index (χ3v) is 3.82. The van der Waals surface area contributed by atoms with Crippen molar-refractivity contribution in [3.05, 3.63) is 29.9 Å². The van der Waals surface area contributed by atoms with Crippen LogP contribution < -0.4 is 10.1 Å². The van der Waals surface area contributed by atoms with Gasteiger partial charge in [0.25, 0.3) is 0 Å². The third-order valence-electron chi connectivity index (χ3n) is 3.82. The summed E-state index contributed by atoms with van der Waals surface area (Å²) in [7, 11) is 1.43. The number of piperidine rings is 1. The van der Waals surface area contributed by atoms with Gasteiger partial charge in [0, 0.05) is 5.56 Å². The lowest BCUT2D eigenvalue weighted by Crippen LogP contribution is -2.30. The Labute approximate surface area is 122 Å². The maximum Gasteiger partial charge on any atom is 0.244 e. The Bertz CT molecular complexity index is 629. The van der Waals surface area contributed by atoms with Crippen LogP contribution in [0.3, 0.4) is 0 Å². The van der Waals surface area contributed by atoms with Crippen molar-refractivity contribution in [3.8, 4) is 17.1 Å². The van der Waals surface area contributed by atoms with Gasteiger partial charge in [-0.15, -0.1) is 0 Å². The van der Waals surface area contributed by atoms with Crippen LogP contribution in [-0.2, 0) is 0 Å². The summed E-state index contributed by atoms with van der Waals surface area (Å²) in [5.41, 5.74) is 0.673. The number of hydrogen-bond acceptors (Lipinski definition) is 5. The zero-order valence-electron chi connectivity index (χ0n) is 12.1. The molecule has 1 fully saturated rings. The van der Waals surface area contributed by atoms with E-state index in [9.17, 15) is 4.39 Å². The minimum absolute atomic E-state index is 0.0948. The van der Waals surface area contributed by atoms with Crippen molar-refractivity contribution < 1.29 is 13.7 Å². The highest BCUT2D eigenvalue weighted by Gasteiger charge is 2.25. The summed E-state index contributed by atoms with van der Waals surface area (Å²) < 4.78 is 23.7. The van der Waals surface area contributed by atoms with Crippen LogP contribution in [0.1, 0.15) is 31.7 Å². The third kappa shape index (κ3) is 2.90. The quantitative estimate of drug-likeness (QED) is 0.942. The van der Waals surface area contributed by atoms with Crippen molar-refractivity contribution in [1.29, 1.82) is 0 Å². The van der Waals surface area contributed by atoms with Gasteiger partial charge in [0.1, 0.15) is 0 Å². The minimum Gasteiger partial charge on any atom is -0.494 e. The predicted octanol–water partition coefficient (Wildman–Crippen LogP) is 2.94. The Morgan fingerprint density at radius 3 is 3.05 bits per heavy atom. The lowest BCUT2D eigenvalue weighted by atomic mass is 9.94. The highest BCUT2D eigenvalue weighted by atomic mass is 19.1. The van der Waals surface area contributed by atoms with E-state index in [2.05, 4.69) is 22.4 Å². The zero-order valence-corrected chi connectivity index (χ0v) is 12.1. The Morgan fingerprint density at radius 2 is 2.29 bits per heavy atom. The van der Waals surface area contributed by atoms with Gasteiger partial charge in [0.15, 0.2) is 11.6 Å². The lowest BCUT2D eigenvalue weighted by molar-refractivity contribution is 0.260. The molecule has 2 unspecified atom stereocenters. The van der Waals surface area contributed by atoms with Crippen LogP contribution >= 0.6 is 0 Å². The van der Waals surface area contributed by atoms with Gasteiger partial charge in [-0.25, -0.2) is 4.39 Å². The topological polar surface area (TPSA) is 60.2 Å². The van der Waals surface area contributed by atoms with Crippen LogP contribution in [0.15, 0.2) is 22.7 Å². The van der Waals surface area contributed by atoms with E-state index in [1.54, 1.807) is 12.1 Å². The van der Waals surface area contributed by atoms with Gasteiger partial charge in [0.2, 0.25) is 11.7 Å². The van der Waals surface area contributed by atoms with E-state index in [4.69, 9.17) is 9.26 Å². The van der Waals surface area contributed by atoms with Crippen molar-refractivity contribution in [2.45, 2.75) is 25.8 Å². The molecule has 1 aliphatic heterocycles. The lowest BCUT2D eigenvalue weighted by Gasteiger charge is -2.25. The zero-order chi connectivity index (χ0) is 14.8. The number of ether oxygens (including phenoxy) is 1. The summed E-state index contributed by atoms with van der Waals surface area (Å²) in [6.45, 7) is 3.17. The molecule has 0 spiro atoms. The summed E-state index contributed by atoms with van der Waals surface area (Å²) in [6, 6.07) is 4.62. The molecule has 0 amide bonds. The first kappa shape index (κ1) is 14.0. The molecule has 1 aromatic heterocycles. The van der Waals surface area contributed by atoms with E-state index in [1.165, 1.54) is 13.2 Å². The average Bonchev–Trinajstić information content (AvgIpc) is 2.97. The molecule has 2 atom stereocenters. The fourth-order valence-electron chi connectivity index (χ4n) is 2.59. The monoisotopic (exact) mass is 291 g/mol. The van der Waals surface area contributed by atoms with Gasteiger partial charge in [-0.1, -0.05) is 12.1 Å². The predicted molar refractivity (Wildman–Crippen MR) is 75.4 cm³/mol. The van der Waals surface area contributed by atoms with Crippen LogP contribution in [0.4, 0.5) is 4.39 Å². The number of benzene rings is 1. The van der Waals surface area contributed by atoms with Gasteiger partial charge in [-0.05, 0) is 43.5 Å². The molecule has 6 heteroatoms. The fraction of sp³-hybridized carbons (Fsp3) is 0.467. The van der Waals surface area contributed by atoms with Gasteiger partial charge in [-0.3, -0.25) is 0 Å². The fourth-order valence-corrected chi connectivity index (χ4v) is 2.59. The second-order valence-electron chi connectivity index (χ2n) is 5.44. The summed E-state index contributed by atoms with van der Waals surface area (Å²) in [4.78, 5) is 4.43. The molecule has 1 aliphatic rings. The molecule has 2 heterocycles. The molecule has 1 N–H and O–H groups in total. The largest absolute Gasteiger partial charge is 0.494 e. The molecule has 0 aliphatic carbocycles. The van der Waals surface area contributed by atoms with Crippen molar-refractivity contribution in [2.24, 2.45) is 5.92 Å². The maximum atomic E-state index is 13.4. The summed E-state index contributed by atoms with van der Waals surface area (Å²) >= 11 is 0. The van der Waals surface area contributed by atoms with Gasteiger partial charge in [-0.2, -0.15) is 4.98 Å². The Kier molecular flexibility index (Phi) is 3.88. The number of nitrogens with zero attached hydrogens (tertiary/aromatic N) is 2. The van der Waals surface area contributed by atoms with Crippen LogP contribution in [0, 0.1) is 11.7 Å². The second-order valence-corrected chi connectivity index (χ2v) is 5.44. The normalized spacial score (nSPS) is 22.2. The first-order chi connectivity index (χ1) is 10.2. The number of hydrogen-bond donors (Lipinski definition) is 1. The highest BCUT2D eigenvalue weighted by molar-refractivity contribution is 5.57. The van der Waals surface area contributed by atoms with Crippen molar-refractivity contribution >= 4 is 0 Å². The first-order valence-corrected chi connectivity index (χ1v) is 7.08. The Morgan fingerprint density at radius 1 is 1.43 bits per heavy atom. The van der Waals surface area contributed by atoms with Gasteiger partial charge < -0.3 is 14.6 Å². The van der Waals surface area contributed by atoms with Crippen LogP contribution in [0.2, 0.25) is 0 Å². The van der Waals surface area contributed by atoms with Crippen LogP contribution in [0.25, 0.3) is 11.4 Å². The average molecular weight is 291 g/mol. The molecule has 0 saturated carbocycles. The van der Waals surface area contributed by atoms with E-state index < -0.39 is 5.82 Å².